The average Bonchev–Trinajstić information content (AvgIpc) is 3.74. The number of para-hydroxylation sites is 7. The lowest BCUT2D eigenvalue weighted by Crippen LogP contribution is -2.56. The second kappa shape index (κ2) is 9.99. The number of benzene rings is 7. The number of aromatic nitrogens is 2. The Kier molecular flexibility index (Phi) is 5.27. The van der Waals surface area contributed by atoms with Crippen molar-refractivity contribution in [1.82, 2.24) is 9.13 Å². The number of allylic oxidation sites excluding steroid dienone is 1. The molecule has 13 rings (SSSR count). The Labute approximate surface area is 306 Å². The van der Waals surface area contributed by atoms with Crippen LogP contribution in [0, 0.1) is 0 Å². The summed E-state index contributed by atoms with van der Waals surface area (Å²) < 4.78 is 11.5. The smallest absolute Gasteiger partial charge is 0.226 e. The lowest BCUT2D eigenvalue weighted by atomic mass is 9.29. The van der Waals surface area contributed by atoms with Crippen LogP contribution in [0.3, 0.4) is 0 Å². The molecule has 0 bridgehead atoms. The molecule has 1 aliphatic carbocycles. The van der Waals surface area contributed by atoms with Gasteiger partial charge in [-0.3, -0.25) is 0 Å². The Bertz CT molecular complexity index is 3050. The number of hydrogen-bond acceptors (Lipinski definition) is 2. The van der Waals surface area contributed by atoms with Crippen LogP contribution in [0.4, 0.5) is 17.1 Å². The summed E-state index contributed by atoms with van der Waals surface area (Å²) in [4.78, 5) is 2.31. The first-order valence-electron chi connectivity index (χ1n) is 18.6. The quantitative estimate of drug-likeness (QED) is 0.170. The normalized spacial score (nSPS) is 15.7. The molecule has 0 N–H and O–H groups in total. The van der Waals surface area contributed by atoms with Crippen molar-refractivity contribution in [2.24, 2.45) is 0 Å². The van der Waals surface area contributed by atoms with Gasteiger partial charge in [-0.15, -0.1) is 0 Å². The van der Waals surface area contributed by atoms with Gasteiger partial charge in [0.05, 0.1) is 22.4 Å². The fraction of sp³-hybridized carbons (Fsp3) is 0.0417. The largest absolute Gasteiger partial charge is 0.453 e. The first-order valence-corrected chi connectivity index (χ1v) is 18.6. The van der Waals surface area contributed by atoms with Gasteiger partial charge in [-0.25, -0.2) is 0 Å². The van der Waals surface area contributed by atoms with E-state index in [-0.39, 0.29) is 6.71 Å². The van der Waals surface area contributed by atoms with E-state index >= 15 is 0 Å². The molecular weight excluding hydrogens is 645 g/mol. The van der Waals surface area contributed by atoms with Crippen molar-refractivity contribution in [3.8, 4) is 34.0 Å². The highest BCUT2D eigenvalue weighted by molar-refractivity contribution is 6.90. The third kappa shape index (κ3) is 3.52. The summed E-state index contributed by atoms with van der Waals surface area (Å²) in [6, 6.07) is 55.6. The molecule has 2 aromatic heterocycles. The summed E-state index contributed by atoms with van der Waals surface area (Å²) in [7, 11) is 0. The summed E-state index contributed by atoms with van der Waals surface area (Å²) in [5, 5.41) is 3.98. The number of rotatable bonds is 2. The predicted octanol–water partition coefficient (Wildman–Crippen LogP) is 10.9. The van der Waals surface area contributed by atoms with E-state index in [0.717, 1.165) is 35.0 Å². The molecule has 53 heavy (non-hydrogen) atoms. The Morgan fingerprint density at radius 3 is 1.96 bits per heavy atom. The van der Waals surface area contributed by atoms with Gasteiger partial charge in [0.15, 0.2) is 11.5 Å². The van der Waals surface area contributed by atoms with Gasteiger partial charge in [0.1, 0.15) is 0 Å². The molecule has 7 aromatic carbocycles. The second-order valence-electron chi connectivity index (χ2n) is 14.8. The van der Waals surface area contributed by atoms with Gasteiger partial charge >= 0.3 is 0 Å². The number of anilines is 3. The number of hydrogen-bond donors (Lipinski definition) is 0. The summed E-state index contributed by atoms with van der Waals surface area (Å²) in [5.41, 5.74) is 17.8. The minimum Gasteiger partial charge on any atom is -0.453 e. The third-order valence-electron chi connectivity index (χ3n) is 12.3. The Balaban J connectivity index is 1.08. The monoisotopic (exact) mass is 675 g/mol. The molecule has 0 saturated carbocycles. The van der Waals surface area contributed by atoms with Gasteiger partial charge in [0.25, 0.3) is 0 Å². The summed E-state index contributed by atoms with van der Waals surface area (Å²) in [6.07, 6.45) is 5.82. The van der Waals surface area contributed by atoms with Crippen molar-refractivity contribution in [2.45, 2.75) is 12.2 Å². The summed E-state index contributed by atoms with van der Waals surface area (Å²) in [5.74, 6) is 2.08. The van der Waals surface area contributed by atoms with E-state index < -0.39 is 0 Å². The van der Waals surface area contributed by atoms with Gasteiger partial charge in [0, 0.05) is 50.0 Å². The number of nitrogens with zero attached hydrogens (tertiary/aromatic N) is 3. The molecule has 5 heteroatoms. The maximum absolute atomic E-state index is 6.32. The van der Waals surface area contributed by atoms with Crippen molar-refractivity contribution >= 4 is 73.5 Å². The molecule has 0 saturated heterocycles. The maximum atomic E-state index is 6.32. The van der Waals surface area contributed by atoms with E-state index in [9.17, 15) is 0 Å². The molecular formula is C48H30BN3O. The van der Waals surface area contributed by atoms with E-state index in [1.165, 1.54) is 77.4 Å². The van der Waals surface area contributed by atoms with Gasteiger partial charge in [-0.05, 0) is 95.0 Å². The molecule has 246 valence electrons. The van der Waals surface area contributed by atoms with Crippen LogP contribution in [-0.2, 0) is 0 Å². The highest BCUT2D eigenvalue weighted by Gasteiger charge is 2.46. The third-order valence-corrected chi connectivity index (χ3v) is 12.3. The fourth-order valence-electron chi connectivity index (χ4n) is 10.2. The summed E-state index contributed by atoms with van der Waals surface area (Å²) in [6.45, 7) is 0.263. The second-order valence-corrected chi connectivity index (χ2v) is 14.8. The zero-order valence-electron chi connectivity index (χ0n) is 28.7. The van der Waals surface area contributed by atoms with Crippen molar-refractivity contribution in [2.75, 3.05) is 4.90 Å². The van der Waals surface area contributed by atoms with E-state index in [0.29, 0.717) is 5.82 Å². The molecule has 0 fully saturated rings. The van der Waals surface area contributed by atoms with Crippen LogP contribution in [0.15, 0.2) is 158 Å². The van der Waals surface area contributed by atoms with Gasteiger partial charge < -0.3 is 18.8 Å². The molecule has 0 spiro atoms. The highest BCUT2D eigenvalue weighted by atomic mass is 16.5. The van der Waals surface area contributed by atoms with Crippen LogP contribution in [0.1, 0.15) is 23.5 Å². The lowest BCUT2D eigenvalue weighted by molar-refractivity contribution is 0.477. The van der Waals surface area contributed by atoms with Gasteiger partial charge in [-0.2, -0.15) is 0 Å². The molecule has 4 nitrogen and oxygen atoms in total. The molecule has 0 amide bonds. The topological polar surface area (TPSA) is 22.3 Å². The molecule has 4 aliphatic rings. The van der Waals surface area contributed by atoms with Crippen LogP contribution in [-0.4, -0.2) is 15.8 Å². The standard InChI is InChI=1S/C48H30BN3O/c1-3-17-38-32(11-1)34-13-9-15-36-47(34)51(38)42-27-30(28-43-46(42)49(36)37-16-10-14-35-33-12-2-4-18-39(33)52(43)48(35)37)29-23-25-31(26-24-29)50-40-19-5-7-21-44(40)53-45-22-8-6-20-41(45)50/h1-15,17-28,37H,16H2. The van der Waals surface area contributed by atoms with Crippen molar-refractivity contribution in [1.29, 1.82) is 0 Å². The first-order chi connectivity index (χ1) is 26.3. The van der Waals surface area contributed by atoms with Crippen molar-refractivity contribution in [3.05, 3.63) is 169 Å². The predicted molar refractivity (Wildman–Crippen MR) is 219 cm³/mol. The molecule has 0 radical (unpaired) electrons. The van der Waals surface area contributed by atoms with E-state index in [2.05, 4.69) is 154 Å². The lowest BCUT2D eigenvalue weighted by Gasteiger charge is -2.39. The van der Waals surface area contributed by atoms with E-state index in [1.54, 1.807) is 0 Å². The van der Waals surface area contributed by atoms with Crippen LogP contribution in [0.5, 0.6) is 11.5 Å². The Hall–Kier alpha value is -6.72. The molecule has 3 aliphatic heterocycles. The zero-order valence-corrected chi connectivity index (χ0v) is 28.7. The average molecular weight is 676 g/mol. The zero-order chi connectivity index (χ0) is 34.4. The number of ether oxygens (including phenoxy) is 1. The van der Waals surface area contributed by atoms with Crippen molar-refractivity contribution in [3.63, 3.8) is 0 Å². The Morgan fingerprint density at radius 1 is 0.547 bits per heavy atom. The first kappa shape index (κ1) is 27.9. The highest BCUT2D eigenvalue weighted by Crippen LogP contribution is 2.51. The summed E-state index contributed by atoms with van der Waals surface area (Å²) >= 11 is 0. The van der Waals surface area contributed by atoms with Crippen LogP contribution in [0.2, 0.25) is 0 Å². The van der Waals surface area contributed by atoms with E-state index in [4.69, 9.17) is 4.74 Å². The van der Waals surface area contributed by atoms with Crippen LogP contribution >= 0.6 is 0 Å². The minimum atomic E-state index is 0.263. The van der Waals surface area contributed by atoms with Crippen molar-refractivity contribution < 1.29 is 4.74 Å². The van der Waals surface area contributed by atoms with Crippen LogP contribution < -0.4 is 20.6 Å². The molecule has 1 unspecified atom stereocenters. The molecule has 5 heterocycles. The molecule has 1 atom stereocenters. The van der Waals surface area contributed by atoms with E-state index in [1.807, 2.05) is 24.3 Å². The van der Waals surface area contributed by atoms with Crippen LogP contribution in [0.25, 0.3) is 61.3 Å². The molecule has 9 aromatic rings. The number of fused-ring (bicyclic) bond motifs is 12. The van der Waals surface area contributed by atoms with Gasteiger partial charge in [-0.1, -0.05) is 103 Å². The SMILES string of the molecule is C1=Cc2c3n(c4ccccc24)-c2cc(-c4ccc(N5c6ccccc6Oc6ccccc65)cc4)cc4c2B(c2cccc5c6ccccc6n-4c25)C3C1. The minimum absolute atomic E-state index is 0.263. The van der Waals surface area contributed by atoms with Gasteiger partial charge in [0.2, 0.25) is 6.71 Å². The Morgan fingerprint density at radius 2 is 1.19 bits per heavy atom. The fourth-order valence-corrected chi connectivity index (χ4v) is 10.2. The maximum Gasteiger partial charge on any atom is 0.226 e.